The summed E-state index contributed by atoms with van der Waals surface area (Å²) in [5.41, 5.74) is 18.9. The van der Waals surface area contributed by atoms with Crippen LogP contribution in [0, 0.1) is 5.92 Å². The molecule has 1 spiro atoms. The van der Waals surface area contributed by atoms with Gasteiger partial charge in [0.15, 0.2) is 0 Å². The Morgan fingerprint density at radius 2 is 0.969 bits per heavy atom. The zero-order valence-corrected chi connectivity index (χ0v) is 35.7. The number of hydrogen-bond acceptors (Lipinski definition) is 2. The third-order valence-electron chi connectivity index (χ3n) is 14.1. The quantitative estimate of drug-likeness (QED) is 0.166. The largest absolute Gasteiger partial charge is 0.484 e. The molecule has 13 rings (SSSR count). The van der Waals surface area contributed by atoms with Crippen molar-refractivity contribution in [3.05, 3.63) is 270 Å². The molecule has 2 aliphatic carbocycles. The van der Waals surface area contributed by atoms with Crippen LogP contribution >= 0.6 is 0 Å². The van der Waals surface area contributed by atoms with Gasteiger partial charge < -0.3 is 9.64 Å². The topological polar surface area (TPSA) is 12.5 Å². The predicted molar refractivity (Wildman–Crippen MR) is 269 cm³/mol. The van der Waals surface area contributed by atoms with E-state index in [1.165, 1.54) is 77.7 Å². The van der Waals surface area contributed by atoms with Crippen molar-refractivity contribution in [2.75, 3.05) is 4.90 Å². The molecular formula is C63H43NO. The van der Waals surface area contributed by atoms with Gasteiger partial charge in [0.05, 0.1) is 5.41 Å². The van der Waals surface area contributed by atoms with Crippen LogP contribution in [0.1, 0.15) is 33.9 Å². The first kappa shape index (κ1) is 37.4. The summed E-state index contributed by atoms with van der Waals surface area (Å²) in [5.74, 6) is 1.04. The van der Waals surface area contributed by atoms with E-state index in [9.17, 15) is 0 Å². The molecule has 65 heavy (non-hydrogen) atoms. The van der Waals surface area contributed by atoms with Crippen LogP contribution in [0.15, 0.2) is 243 Å². The average Bonchev–Trinajstić information content (AvgIpc) is 3.67. The standard InChI is InChI=1S/C63H43NO/c1-4-16-42(17-5-1)48-38-49(43-18-6-2-7-19-43)40-52(39-48)64(50-22-8-3-9-23-50)51-33-28-44(29-34-51)47-32-35-58-56(41-47)55-26-14-15-27-57(55)63(58)59-36-30-45-20-10-12-24-53(45)61(59)65-62-54-25-13-11-21-46(54)31-37-60(62)63/h1-41,59,61H. The smallest absolute Gasteiger partial charge is 0.132 e. The van der Waals surface area contributed by atoms with Crippen molar-refractivity contribution in [2.24, 2.45) is 5.92 Å². The highest BCUT2D eigenvalue weighted by Gasteiger charge is 2.57. The van der Waals surface area contributed by atoms with Crippen LogP contribution in [0.25, 0.3) is 61.4 Å². The normalized spacial score (nSPS) is 17.4. The maximum Gasteiger partial charge on any atom is 0.132 e. The Kier molecular flexibility index (Phi) is 8.60. The summed E-state index contributed by atoms with van der Waals surface area (Å²) in [7, 11) is 0. The fourth-order valence-corrected chi connectivity index (χ4v) is 11.2. The SMILES string of the molecule is C1=CC2C(Oc3c(ccc4ccccc34)C23c2ccccc2-c2cc(-c4ccc(N(c5ccccc5)c5cc(-c6ccccc6)cc(-c6ccccc6)c5)cc4)ccc23)c2ccccc21. The first-order valence-corrected chi connectivity index (χ1v) is 22.6. The molecule has 10 aromatic rings. The van der Waals surface area contributed by atoms with Gasteiger partial charge in [-0.2, -0.15) is 0 Å². The van der Waals surface area contributed by atoms with Crippen molar-refractivity contribution in [3.63, 3.8) is 0 Å². The first-order valence-electron chi connectivity index (χ1n) is 22.6. The Morgan fingerprint density at radius 1 is 0.385 bits per heavy atom. The van der Waals surface area contributed by atoms with E-state index in [-0.39, 0.29) is 12.0 Å². The van der Waals surface area contributed by atoms with Crippen molar-refractivity contribution in [1.82, 2.24) is 0 Å². The predicted octanol–water partition coefficient (Wildman–Crippen LogP) is 16.4. The highest BCUT2D eigenvalue weighted by molar-refractivity contribution is 5.95. The molecule has 1 heterocycles. The van der Waals surface area contributed by atoms with Gasteiger partial charge in [0, 0.05) is 39.5 Å². The Labute approximate surface area is 380 Å². The molecule has 306 valence electrons. The third kappa shape index (κ3) is 5.88. The molecule has 3 aliphatic rings. The number of nitrogens with zero attached hydrogens (tertiary/aromatic N) is 1. The molecule has 0 fully saturated rings. The van der Waals surface area contributed by atoms with Gasteiger partial charge in [0.25, 0.3) is 0 Å². The minimum Gasteiger partial charge on any atom is -0.484 e. The van der Waals surface area contributed by atoms with Crippen LogP contribution < -0.4 is 9.64 Å². The van der Waals surface area contributed by atoms with E-state index >= 15 is 0 Å². The summed E-state index contributed by atoms with van der Waals surface area (Å²) in [6.07, 6.45) is 4.61. The van der Waals surface area contributed by atoms with Gasteiger partial charge in [-0.3, -0.25) is 0 Å². The molecule has 2 nitrogen and oxygen atoms in total. The molecule has 0 aromatic heterocycles. The van der Waals surface area contributed by atoms with Crippen LogP contribution in [0.4, 0.5) is 17.1 Å². The van der Waals surface area contributed by atoms with Gasteiger partial charge >= 0.3 is 0 Å². The second kappa shape index (κ2) is 15.0. The minimum absolute atomic E-state index is 0.0466. The van der Waals surface area contributed by atoms with Gasteiger partial charge in [-0.15, -0.1) is 0 Å². The number of benzene rings is 10. The van der Waals surface area contributed by atoms with E-state index in [1.54, 1.807) is 0 Å². The lowest BCUT2D eigenvalue weighted by Gasteiger charge is -2.49. The van der Waals surface area contributed by atoms with Gasteiger partial charge in [-0.05, 0) is 115 Å². The van der Waals surface area contributed by atoms with Crippen LogP contribution in [0.3, 0.4) is 0 Å². The number of hydrogen-bond donors (Lipinski definition) is 0. The second-order valence-corrected chi connectivity index (χ2v) is 17.5. The lowest BCUT2D eigenvalue weighted by molar-refractivity contribution is 0.105. The van der Waals surface area contributed by atoms with Gasteiger partial charge in [-0.1, -0.05) is 200 Å². The van der Waals surface area contributed by atoms with Crippen LogP contribution in [-0.4, -0.2) is 0 Å². The molecule has 2 heteroatoms. The van der Waals surface area contributed by atoms with E-state index in [0.29, 0.717) is 0 Å². The molecule has 0 bridgehead atoms. The average molecular weight is 830 g/mol. The molecule has 0 N–H and O–H groups in total. The lowest BCUT2D eigenvalue weighted by Crippen LogP contribution is -2.45. The number of fused-ring (bicyclic) bond motifs is 13. The number of ether oxygens (including phenoxy) is 1. The Morgan fingerprint density at radius 3 is 1.74 bits per heavy atom. The summed E-state index contributed by atoms with van der Waals surface area (Å²) in [4.78, 5) is 2.38. The molecule has 0 saturated heterocycles. The van der Waals surface area contributed by atoms with Crippen molar-refractivity contribution in [3.8, 4) is 50.3 Å². The van der Waals surface area contributed by atoms with Crippen molar-refractivity contribution in [2.45, 2.75) is 11.5 Å². The van der Waals surface area contributed by atoms with Crippen LogP contribution in [0.2, 0.25) is 0 Å². The van der Waals surface area contributed by atoms with E-state index < -0.39 is 5.41 Å². The van der Waals surface area contributed by atoms with Crippen molar-refractivity contribution >= 4 is 33.9 Å². The van der Waals surface area contributed by atoms with Gasteiger partial charge in [-0.25, -0.2) is 0 Å². The summed E-state index contributed by atoms with van der Waals surface area (Å²) < 4.78 is 7.28. The molecule has 3 atom stereocenters. The minimum atomic E-state index is -0.455. The Hall–Kier alpha value is -8.20. The van der Waals surface area contributed by atoms with Gasteiger partial charge in [0.2, 0.25) is 0 Å². The molecule has 0 radical (unpaired) electrons. The van der Waals surface area contributed by atoms with E-state index in [2.05, 4.69) is 254 Å². The highest BCUT2D eigenvalue weighted by Crippen LogP contribution is 2.65. The summed E-state index contributed by atoms with van der Waals surface area (Å²) >= 11 is 0. The maximum atomic E-state index is 7.28. The first-order chi connectivity index (χ1) is 32.2. The second-order valence-electron chi connectivity index (χ2n) is 17.5. The van der Waals surface area contributed by atoms with Crippen LogP contribution in [0.5, 0.6) is 5.75 Å². The molecule has 0 saturated carbocycles. The van der Waals surface area contributed by atoms with Gasteiger partial charge in [0.1, 0.15) is 11.9 Å². The van der Waals surface area contributed by atoms with E-state index in [1.807, 2.05) is 0 Å². The monoisotopic (exact) mass is 829 g/mol. The zero-order chi connectivity index (χ0) is 42.9. The maximum absolute atomic E-state index is 7.28. The van der Waals surface area contributed by atoms with Crippen molar-refractivity contribution < 1.29 is 4.74 Å². The van der Waals surface area contributed by atoms with E-state index in [0.717, 1.165) is 28.2 Å². The fraction of sp³-hybridized carbons (Fsp3) is 0.0476. The fourth-order valence-electron chi connectivity index (χ4n) is 11.2. The Bertz CT molecular complexity index is 3410. The summed E-state index contributed by atoms with van der Waals surface area (Å²) in [6, 6.07) is 86.5. The number of rotatable bonds is 6. The molecule has 10 aromatic carbocycles. The zero-order valence-electron chi connectivity index (χ0n) is 35.7. The molecule has 1 aliphatic heterocycles. The molecular weight excluding hydrogens is 787 g/mol. The molecule has 0 amide bonds. The lowest BCUT2D eigenvalue weighted by atomic mass is 9.58. The highest BCUT2D eigenvalue weighted by atomic mass is 16.5. The van der Waals surface area contributed by atoms with E-state index in [4.69, 9.17) is 4.74 Å². The number of anilines is 3. The number of para-hydroxylation sites is 1. The summed E-state index contributed by atoms with van der Waals surface area (Å²) in [5, 5.41) is 2.35. The Balaban J connectivity index is 0.950. The molecule has 3 unspecified atom stereocenters. The third-order valence-corrected chi connectivity index (χ3v) is 14.1. The van der Waals surface area contributed by atoms with Crippen molar-refractivity contribution in [1.29, 1.82) is 0 Å². The van der Waals surface area contributed by atoms with Crippen LogP contribution in [-0.2, 0) is 5.41 Å². The summed E-state index contributed by atoms with van der Waals surface area (Å²) in [6.45, 7) is 0.